The van der Waals surface area contributed by atoms with Crippen LogP contribution in [0, 0.1) is 5.92 Å². The number of fused-ring (bicyclic) bond motifs is 1. The second-order valence-corrected chi connectivity index (χ2v) is 5.32. The van der Waals surface area contributed by atoms with Crippen LogP contribution in [0.3, 0.4) is 0 Å². The topological polar surface area (TPSA) is 109 Å². The highest BCUT2D eigenvalue weighted by molar-refractivity contribution is 6.19. The fourth-order valence-electron chi connectivity index (χ4n) is 2.52. The highest BCUT2D eigenvalue weighted by Gasteiger charge is 2.35. The Morgan fingerprint density at radius 2 is 2.09 bits per heavy atom. The molecule has 0 fully saturated rings. The molecule has 0 aromatic heterocycles. The van der Waals surface area contributed by atoms with Crippen LogP contribution in [0.1, 0.15) is 23.7 Å². The van der Waals surface area contributed by atoms with Crippen LogP contribution in [0.15, 0.2) is 46.0 Å². The average Bonchev–Trinajstić information content (AvgIpc) is 2.95. The Hall–Kier alpha value is -2.96. The lowest BCUT2D eigenvalue weighted by atomic mass is 9.98. The van der Waals surface area contributed by atoms with Crippen LogP contribution >= 0.6 is 0 Å². The van der Waals surface area contributed by atoms with Gasteiger partial charge in [-0.05, 0) is 29.8 Å². The van der Waals surface area contributed by atoms with Crippen LogP contribution in [-0.4, -0.2) is 30.0 Å². The number of ketones is 1. The number of anilines is 1. The predicted molar refractivity (Wildman–Crippen MR) is 88.3 cm³/mol. The lowest BCUT2D eigenvalue weighted by Gasteiger charge is -2.20. The van der Waals surface area contributed by atoms with Crippen LogP contribution in [0.25, 0.3) is 0 Å². The van der Waals surface area contributed by atoms with Crippen molar-refractivity contribution in [2.45, 2.75) is 13.3 Å². The summed E-state index contributed by atoms with van der Waals surface area (Å²) in [6.45, 7) is 2.30. The van der Waals surface area contributed by atoms with Gasteiger partial charge in [0.25, 0.3) is 0 Å². The van der Waals surface area contributed by atoms with Crippen molar-refractivity contribution >= 4 is 29.2 Å². The van der Waals surface area contributed by atoms with E-state index >= 15 is 0 Å². The third kappa shape index (κ3) is 2.98. The maximum atomic E-state index is 12.0. The molecule has 0 bridgehead atoms. The molecule has 0 aliphatic carbocycles. The molecule has 2 aliphatic rings. The van der Waals surface area contributed by atoms with Gasteiger partial charge >= 0.3 is 0 Å². The van der Waals surface area contributed by atoms with E-state index in [1.54, 1.807) is 18.3 Å². The summed E-state index contributed by atoms with van der Waals surface area (Å²) in [6, 6.07) is 7.27. The minimum Gasteiger partial charge on any atom is -0.381 e. The van der Waals surface area contributed by atoms with E-state index in [0.29, 0.717) is 24.4 Å². The van der Waals surface area contributed by atoms with Crippen molar-refractivity contribution in [2.75, 3.05) is 11.9 Å². The van der Waals surface area contributed by atoms with E-state index in [-0.39, 0.29) is 17.6 Å². The van der Waals surface area contributed by atoms with Crippen molar-refractivity contribution in [2.24, 2.45) is 21.6 Å². The normalized spacial score (nSPS) is 19.3. The molecule has 0 radical (unpaired) electrons. The number of hydrogen-bond acceptors (Lipinski definition) is 6. The summed E-state index contributed by atoms with van der Waals surface area (Å²) < 4.78 is 0. The number of amidine groups is 1. The van der Waals surface area contributed by atoms with Gasteiger partial charge in [-0.2, -0.15) is 4.99 Å². The molecule has 23 heavy (non-hydrogen) atoms. The van der Waals surface area contributed by atoms with Gasteiger partial charge < -0.3 is 11.1 Å². The van der Waals surface area contributed by atoms with Crippen LogP contribution < -0.4 is 16.4 Å². The molecule has 2 heterocycles. The van der Waals surface area contributed by atoms with E-state index in [2.05, 4.69) is 20.6 Å². The zero-order chi connectivity index (χ0) is 16.4. The molecule has 0 saturated heterocycles. The molecule has 0 spiro atoms. The van der Waals surface area contributed by atoms with Gasteiger partial charge in [0.05, 0.1) is 0 Å². The maximum absolute atomic E-state index is 12.0. The largest absolute Gasteiger partial charge is 0.381 e. The summed E-state index contributed by atoms with van der Waals surface area (Å²) in [4.78, 5) is 31.8. The Morgan fingerprint density at radius 3 is 2.78 bits per heavy atom. The molecule has 2 aliphatic heterocycles. The van der Waals surface area contributed by atoms with Crippen LogP contribution in [0.5, 0.6) is 0 Å². The lowest BCUT2D eigenvalue weighted by Crippen LogP contribution is -2.47. The summed E-state index contributed by atoms with van der Waals surface area (Å²) >= 11 is 0. The standard InChI is InChI=1S/C16H17N5O2/c1-2-12(22)9-3-5-11(6-4-9)18-7-10-8-19-14-13(10)15(23)21-16(17)20-14/h3-6,8,13,18H,2,7H2,1H3,(H3,17,19,20,21,23). The molecule has 1 aromatic carbocycles. The molecule has 0 saturated carbocycles. The molecule has 1 atom stereocenters. The number of nitrogens with one attached hydrogen (secondary N) is 2. The average molecular weight is 311 g/mol. The summed E-state index contributed by atoms with van der Waals surface area (Å²) in [7, 11) is 0. The summed E-state index contributed by atoms with van der Waals surface area (Å²) in [5.74, 6) is -0.0976. The Bertz CT molecular complexity index is 746. The number of nitrogens with two attached hydrogens (primary N) is 1. The van der Waals surface area contributed by atoms with Crippen molar-refractivity contribution in [1.82, 2.24) is 5.32 Å². The number of hydrogen-bond donors (Lipinski definition) is 3. The van der Waals surface area contributed by atoms with Gasteiger partial charge in [0.1, 0.15) is 11.8 Å². The predicted octanol–water partition coefficient (Wildman–Crippen LogP) is 1.05. The zero-order valence-corrected chi connectivity index (χ0v) is 12.7. The smallest absolute Gasteiger partial charge is 0.241 e. The second-order valence-electron chi connectivity index (χ2n) is 5.32. The number of carbonyl (C=O) groups excluding carboxylic acids is 2. The van der Waals surface area contributed by atoms with Crippen molar-refractivity contribution in [3.8, 4) is 0 Å². The van der Waals surface area contributed by atoms with Gasteiger partial charge in [-0.3, -0.25) is 14.9 Å². The summed E-state index contributed by atoms with van der Waals surface area (Å²) in [6.07, 6.45) is 2.13. The molecule has 3 rings (SSSR count). The third-order valence-corrected chi connectivity index (χ3v) is 3.76. The van der Waals surface area contributed by atoms with Gasteiger partial charge in [-0.1, -0.05) is 6.92 Å². The number of carbonyl (C=O) groups is 2. The first kappa shape index (κ1) is 15.0. The van der Waals surface area contributed by atoms with E-state index in [1.165, 1.54) is 0 Å². The van der Waals surface area contributed by atoms with Gasteiger partial charge in [0.2, 0.25) is 11.9 Å². The van der Waals surface area contributed by atoms with E-state index < -0.39 is 5.92 Å². The lowest BCUT2D eigenvalue weighted by molar-refractivity contribution is -0.120. The number of rotatable bonds is 5. The first-order chi connectivity index (χ1) is 11.1. The first-order valence-electron chi connectivity index (χ1n) is 7.37. The summed E-state index contributed by atoms with van der Waals surface area (Å²) in [5, 5.41) is 5.73. The molecular weight excluding hydrogens is 294 g/mol. The monoisotopic (exact) mass is 311 g/mol. The maximum Gasteiger partial charge on any atom is 0.241 e. The molecule has 1 amide bonds. The fourth-order valence-corrected chi connectivity index (χ4v) is 2.52. The van der Waals surface area contributed by atoms with Crippen molar-refractivity contribution in [3.05, 3.63) is 41.6 Å². The minimum absolute atomic E-state index is 0.0730. The Labute approximate surface area is 133 Å². The number of amides is 1. The van der Waals surface area contributed by atoms with Crippen LogP contribution in [0.2, 0.25) is 0 Å². The molecule has 1 unspecified atom stereocenters. The second kappa shape index (κ2) is 6.04. The van der Waals surface area contributed by atoms with Gasteiger partial charge in [0, 0.05) is 30.4 Å². The molecule has 4 N–H and O–H groups in total. The third-order valence-electron chi connectivity index (χ3n) is 3.76. The van der Waals surface area contributed by atoms with Gasteiger partial charge in [-0.15, -0.1) is 0 Å². The van der Waals surface area contributed by atoms with Gasteiger partial charge in [-0.25, -0.2) is 4.99 Å². The number of aliphatic imine (C=N–C) groups is 2. The van der Waals surface area contributed by atoms with Crippen molar-refractivity contribution in [1.29, 1.82) is 0 Å². The quantitative estimate of drug-likeness (QED) is 0.706. The first-order valence-corrected chi connectivity index (χ1v) is 7.37. The van der Waals surface area contributed by atoms with E-state index in [1.807, 2.05) is 19.1 Å². The Morgan fingerprint density at radius 1 is 1.35 bits per heavy atom. The molecule has 7 nitrogen and oxygen atoms in total. The van der Waals surface area contributed by atoms with Crippen LogP contribution in [0.4, 0.5) is 5.69 Å². The number of benzene rings is 1. The molecule has 1 aromatic rings. The SMILES string of the molecule is CCC(=O)c1ccc(NCC2=CN=C3N=C(N)NC(=O)C23)cc1. The number of Topliss-reactive ketones (excluding diaryl/α,β-unsaturated/α-hetero) is 1. The highest BCUT2D eigenvalue weighted by Crippen LogP contribution is 2.24. The van der Waals surface area contributed by atoms with Crippen LogP contribution in [-0.2, 0) is 4.79 Å². The number of nitrogens with zero attached hydrogens (tertiary/aromatic N) is 2. The molecule has 7 heteroatoms. The Balaban J connectivity index is 1.64. The van der Waals surface area contributed by atoms with E-state index in [4.69, 9.17) is 5.73 Å². The van der Waals surface area contributed by atoms with Gasteiger partial charge in [0.15, 0.2) is 5.78 Å². The summed E-state index contributed by atoms with van der Waals surface area (Å²) in [5.41, 5.74) is 7.90. The Kier molecular flexibility index (Phi) is 3.92. The van der Waals surface area contributed by atoms with E-state index in [9.17, 15) is 9.59 Å². The molecule has 118 valence electrons. The van der Waals surface area contributed by atoms with E-state index in [0.717, 1.165) is 11.3 Å². The van der Waals surface area contributed by atoms with Crippen molar-refractivity contribution < 1.29 is 9.59 Å². The molecular formula is C16H17N5O2. The van der Waals surface area contributed by atoms with Crippen molar-refractivity contribution in [3.63, 3.8) is 0 Å². The highest BCUT2D eigenvalue weighted by atomic mass is 16.2. The fraction of sp³-hybridized carbons (Fsp3) is 0.250. The minimum atomic E-state index is -0.490. The number of guanidine groups is 1. The zero-order valence-electron chi connectivity index (χ0n) is 12.7.